The number of aromatic nitrogens is 1. The standard InChI is InChI=1S/C22H28BrN3O/c1-14-17-11-19(26(13-24)12-22(17,2)9-7-20(14)27)21-16(8-10-23)15-5-3-4-6-18(15)25-21/h3-6,14,17,19-20,25,27H,7-12H2,1-2H3/t14-,17-,19+,20+,22+/m1/s1. The Kier molecular flexibility index (Phi) is 4.98. The number of hydrogen-bond acceptors (Lipinski definition) is 3. The molecular weight excluding hydrogens is 402 g/mol. The summed E-state index contributed by atoms with van der Waals surface area (Å²) in [5.74, 6) is 0.704. The van der Waals surface area contributed by atoms with Crippen molar-refractivity contribution in [2.75, 3.05) is 11.9 Å². The molecule has 0 amide bonds. The lowest BCUT2D eigenvalue weighted by Crippen LogP contribution is -2.53. The summed E-state index contributed by atoms with van der Waals surface area (Å²) in [7, 11) is 0. The second-order valence-corrected chi connectivity index (χ2v) is 9.50. The summed E-state index contributed by atoms with van der Waals surface area (Å²) in [5, 5.41) is 22.6. The molecule has 2 fully saturated rings. The van der Waals surface area contributed by atoms with Gasteiger partial charge in [-0.05, 0) is 54.6 Å². The number of fused-ring (bicyclic) bond motifs is 2. The van der Waals surface area contributed by atoms with Gasteiger partial charge in [-0.25, -0.2) is 0 Å². The molecule has 27 heavy (non-hydrogen) atoms. The van der Waals surface area contributed by atoms with E-state index in [0.717, 1.165) is 43.1 Å². The third kappa shape index (κ3) is 3.07. The monoisotopic (exact) mass is 429 g/mol. The van der Waals surface area contributed by atoms with Crippen LogP contribution in [0.3, 0.4) is 0 Å². The van der Waals surface area contributed by atoms with E-state index in [0.29, 0.717) is 5.92 Å². The van der Waals surface area contributed by atoms with E-state index in [1.165, 1.54) is 16.6 Å². The summed E-state index contributed by atoms with van der Waals surface area (Å²) in [6.45, 7) is 5.28. The van der Waals surface area contributed by atoms with Gasteiger partial charge in [0.2, 0.25) is 0 Å². The van der Waals surface area contributed by atoms with Crippen molar-refractivity contribution in [3.63, 3.8) is 0 Å². The molecule has 2 heterocycles. The number of nitriles is 1. The van der Waals surface area contributed by atoms with Gasteiger partial charge in [0.15, 0.2) is 6.19 Å². The molecule has 0 radical (unpaired) electrons. The van der Waals surface area contributed by atoms with Gasteiger partial charge in [-0.15, -0.1) is 0 Å². The lowest BCUT2D eigenvalue weighted by Gasteiger charge is -2.54. The quantitative estimate of drug-likeness (QED) is 0.546. The minimum absolute atomic E-state index is 0.0577. The second-order valence-electron chi connectivity index (χ2n) is 8.71. The maximum atomic E-state index is 10.5. The predicted molar refractivity (Wildman–Crippen MR) is 111 cm³/mol. The third-order valence-electron chi connectivity index (χ3n) is 7.19. The molecule has 0 spiro atoms. The maximum absolute atomic E-state index is 10.5. The second kappa shape index (κ2) is 7.14. The van der Waals surface area contributed by atoms with Gasteiger partial charge in [0.05, 0.1) is 12.1 Å². The van der Waals surface area contributed by atoms with Crippen molar-refractivity contribution in [3.05, 3.63) is 35.5 Å². The van der Waals surface area contributed by atoms with Crippen molar-refractivity contribution in [2.45, 2.75) is 51.7 Å². The van der Waals surface area contributed by atoms with Crippen LogP contribution in [0.5, 0.6) is 0 Å². The van der Waals surface area contributed by atoms with Crippen LogP contribution in [-0.2, 0) is 6.42 Å². The molecule has 2 aliphatic rings. The molecule has 5 heteroatoms. The molecule has 144 valence electrons. The average molecular weight is 430 g/mol. The molecule has 1 aliphatic carbocycles. The van der Waals surface area contributed by atoms with E-state index in [4.69, 9.17) is 0 Å². The predicted octanol–water partition coefficient (Wildman–Crippen LogP) is 4.75. The van der Waals surface area contributed by atoms with Crippen LogP contribution in [-0.4, -0.2) is 33.0 Å². The van der Waals surface area contributed by atoms with Gasteiger partial charge in [0.25, 0.3) is 0 Å². The van der Waals surface area contributed by atoms with Crippen LogP contribution in [0.25, 0.3) is 10.9 Å². The molecule has 2 aromatic rings. The number of likely N-dealkylation sites (tertiary alicyclic amines) is 1. The van der Waals surface area contributed by atoms with Crippen molar-refractivity contribution in [1.82, 2.24) is 9.88 Å². The van der Waals surface area contributed by atoms with Crippen LogP contribution in [0.1, 0.15) is 50.4 Å². The largest absolute Gasteiger partial charge is 0.393 e. The van der Waals surface area contributed by atoms with Crippen molar-refractivity contribution >= 4 is 26.8 Å². The molecular formula is C22H28BrN3O. The Bertz CT molecular complexity index is 872. The highest BCUT2D eigenvalue weighted by molar-refractivity contribution is 9.09. The first-order chi connectivity index (χ1) is 13.0. The van der Waals surface area contributed by atoms with Crippen LogP contribution < -0.4 is 0 Å². The highest BCUT2D eigenvalue weighted by atomic mass is 79.9. The number of para-hydroxylation sites is 1. The number of rotatable bonds is 3. The highest BCUT2D eigenvalue weighted by Crippen LogP contribution is 2.53. The summed E-state index contributed by atoms with van der Waals surface area (Å²) in [5.41, 5.74) is 3.75. The number of alkyl halides is 1. The van der Waals surface area contributed by atoms with Crippen molar-refractivity contribution in [1.29, 1.82) is 5.26 Å². The topological polar surface area (TPSA) is 63.0 Å². The number of aryl methyl sites for hydroxylation is 1. The number of nitrogens with one attached hydrogen (secondary N) is 1. The van der Waals surface area contributed by atoms with Gasteiger partial charge in [0.1, 0.15) is 0 Å². The Hall–Kier alpha value is -1.51. The molecule has 2 N–H and O–H groups in total. The van der Waals surface area contributed by atoms with Gasteiger partial charge >= 0.3 is 0 Å². The Balaban J connectivity index is 1.78. The number of piperidine rings is 1. The first kappa shape index (κ1) is 18.8. The van der Waals surface area contributed by atoms with E-state index in [2.05, 4.69) is 65.2 Å². The first-order valence-corrected chi connectivity index (χ1v) is 11.1. The summed E-state index contributed by atoms with van der Waals surface area (Å²) in [6, 6.07) is 8.48. The van der Waals surface area contributed by atoms with E-state index in [1.807, 2.05) is 4.90 Å². The van der Waals surface area contributed by atoms with E-state index >= 15 is 0 Å². The number of aliphatic hydroxyl groups is 1. The molecule has 1 saturated heterocycles. The number of H-pyrrole nitrogens is 1. The first-order valence-electron chi connectivity index (χ1n) is 9.98. The maximum Gasteiger partial charge on any atom is 0.179 e. The third-order valence-corrected chi connectivity index (χ3v) is 7.58. The smallest absolute Gasteiger partial charge is 0.179 e. The molecule has 1 aromatic carbocycles. The molecule has 5 atom stereocenters. The molecule has 1 aromatic heterocycles. The van der Waals surface area contributed by atoms with Crippen molar-refractivity contribution < 1.29 is 5.11 Å². The summed E-state index contributed by atoms with van der Waals surface area (Å²) >= 11 is 3.60. The number of halogens is 1. The highest BCUT2D eigenvalue weighted by Gasteiger charge is 2.50. The molecule has 4 rings (SSSR count). The van der Waals surface area contributed by atoms with Gasteiger partial charge < -0.3 is 15.0 Å². The van der Waals surface area contributed by atoms with E-state index in [9.17, 15) is 10.4 Å². The average Bonchev–Trinajstić information content (AvgIpc) is 3.03. The number of nitrogens with zero attached hydrogens (tertiary/aromatic N) is 2. The van der Waals surface area contributed by atoms with Gasteiger partial charge in [0, 0.05) is 28.5 Å². The fourth-order valence-corrected chi connectivity index (χ4v) is 6.04. The molecule has 4 nitrogen and oxygen atoms in total. The van der Waals surface area contributed by atoms with Crippen LogP contribution in [0.2, 0.25) is 0 Å². The normalized spacial score (nSPS) is 33.7. The zero-order valence-electron chi connectivity index (χ0n) is 16.1. The number of aliphatic hydroxyl groups excluding tert-OH is 1. The number of hydrogen-bond donors (Lipinski definition) is 2. The summed E-state index contributed by atoms with van der Waals surface area (Å²) in [4.78, 5) is 5.63. The van der Waals surface area contributed by atoms with E-state index < -0.39 is 0 Å². The number of benzene rings is 1. The van der Waals surface area contributed by atoms with Crippen molar-refractivity contribution in [2.24, 2.45) is 17.3 Å². The molecule has 0 unspecified atom stereocenters. The Morgan fingerprint density at radius 1 is 1.41 bits per heavy atom. The lowest BCUT2D eigenvalue weighted by atomic mass is 9.58. The fraction of sp³-hybridized carbons (Fsp3) is 0.591. The SMILES string of the molecule is C[C@@H]1[C@H]2C[C@@H](c3[nH]c4ccccc4c3CCBr)N(C#N)C[C@]2(C)CC[C@@H]1O. The van der Waals surface area contributed by atoms with Gasteiger partial charge in [-0.3, -0.25) is 0 Å². The minimum atomic E-state index is -0.220. The van der Waals surface area contributed by atoms with Crippen molar-refractivity contribution in [3.8, 4) is 6.19 Å². The Labute approximate surface area is 169 Å². The Morgan fingerprint density at radius 3 is 2.93 bits per heavy atom. The zero-order valence-corrected chi connectivity index (χ0v) is 17.7. The van der Waals surface area contributed by atoms with E-state index in [-0.39, 0.29) is 23.5 Å². The summed E-state index contributed by atoms with van der Waals surface area (Å²) in [6.07, 6.45) is 5.97. The van der Waals surface area contributed by atoms with Crippen LogP contribution in [0.4, 0.5) is 0 Å². The van der Waals surface area contributed by atoms with E-state index in [1.54, 1.807) is 0 Å². The van der Waals surface area contributed by atoms with Crippen LogP contribution in [0.15, 0.2) is 24.3 Å². The molecule has 1 aliphatic heterocycles. The van der Waals surface area contributed by atoms with Gasteiger partial charge in [-0.1, -0.05) is 48.0 Å². The Morgan fingerprint density at radius 2 is 2.19 bits per heavy atom. The minimum Gasteiger partial charge on any atom is -0.393 e. The molecule has 1 saturated carbocycles. The van der Waals surface area contributed by atoms with Gasteiger partial charge in [-0.2, -0.15) is 5.26 Å². The number of aromatic amines is 1. The zero-order chi connectivity index (χ0) is 19.2. The molecule has 0 bridgehead atoms. The van der Waals surface area contributed by atoms with Crippen LogP contribution in [0, 0.1) is 28.7 Å². The summed E-state index contributed by atoms with van der Waals surface area (Å²) < 4.78 is 0. The lowest BCUT2D eigenvalue weighted by molar-refractivity contribution is -0.0832. The fourth-order valence-electron chi connectivity index (χ4n) is 5.64. The van der Waals surface area contributed by atoms with Crippen LogP contribution >= 0.6 is 15.9 Å².